The number of hydrogen-bond acceptors (Lipinski definition) is 9. The van der Waals surface area contributed by atoms with E-state index in [4.69, 9.17) is 21.2 Å². The van der Waals surface area contributed by atoms with E-state index < -0.39 is 17.6 Å². The molecule has 11 nitrogen and oxygen atoms in total. The lowest BCUT2D eigenvalue weighted by Gasteiger charge is -2.35. The number of anilines is 3. The number of nitrogens with one attached hydrogen (secondary N) is 2. The van der Waals surface area contributed by atoms with Crippen molar-refractivity contribution in [3.8, 4) is 11.4 Å². The van der Waals surface area contributed by atoms with Crippen LogP contribution in [0.2, 0.25) is 0 Å². The molecule has 41 heavy (non-hydrogen) atoms. The van der Waals surface area contributed by atoms with Crippen LogP contribution in [0, 0.1) is 5.92 Å². The van der Waals surface area contributed by atoms with Crippen LogP contribution in [0.25, 0.3) is 11.4 Å². The Labute approximate surface area is 236 Å². The van der Waals surface area contributed by atoms with Crippen LogP contribution in [-0.2, 0) is 11.2 Å². The molecule has 4 aromatic rings. The first-order chi connectivity index (χ1) is 19.9. The van der Waals surface area contributed by atoms with Crippen molar-refractivity contribution in [2.75, 3.05) is 10.6 Å². The number of ether oxygens (including phenoxy) is 1. The minimum atomic E-state index is -0.767. The summed E-state index contributed by atoms with van der Waals surface area (Å²) in [6.07, 6.45) is 8.00. The van der Waals surface area contributed by atoms with Crippen molar-refractivity contribution in [1.29, 1.82) is 0 Å². The van der Waals surface area contributed by atoms with Crippen molar-refractivity contribution in [3.63, 3.8) is 0 Å². The Balaban J connectivity index is 1.29. The van der Waals surface area contributed by atoms with Gasteiger partial charge >= 0.3 is 6.09 Å². The molecule has 0 spiro atoms. The summed E-state index contributed by atoms with van der Waals surface area (Å²) in [4.78, 5) is 41.8. The van der Waals surface area contributed by atoms with Crippen LogP contribution in [0.15, 0.2) is 79.3 Å². The number of carbonyl (C=O) groups is 2. The first kappa shape index (κ1) is 26.2. The standard InChI is InChI=1S/C30H30N8O3/c31-25(39)24-27(36-21-9-4-8-20(17-21)26-33-14-5-15-34-26)37-23(18-35-24)38-29(10-11-29)22(16-19-6-2-1-3-7-19)30(12-13-30)41-28(32)40/h1-9,14-15,17-18,22H,10-13,16H2,(H2,31,39)(H2,32,40)(H2,36,37,38)/t22-/m1/s1. The fraction of sp³-hybridized carbons (Fsp3) is 0.267. The molecule has 2 fully saturated rings. The normalized spacial score (nSPS) is 16.7. The summed E-state index contributed by atoms with van der Waals surface area (Å²) in [6.45, 7) is 0. The second-order valence-corrected chi connectivity index (χ2v) is 10.6. The first-order valence-electron chi connectivity index (χ1n) is 13.5. The van der Waals surface area contributed by atoms with Gasteiger partial charge in [0.2, 0.25) is 0 Å². The van der Waals surface area contributed by atoms with Gasteiger partial charge in [0.05, 0.1) is 6.20 Å². The Hall–Kier alpha value is -5.06. The van der Waals surface area contributed by atoms with Gasteiger partial charge in [0, 0.05) is 35.1 Å². The third-order valence-electron chi connectivity index (χ3n) is 7.75. The maximum absolute atomic E-state index is 12.2. The number of nitrogens with zero attached hydrogens (tertiary/aromatic N) is 4. The van der Waals surface area contributed by atoms with E-state index in [2.05, 4.69) is 37.7 Å². The van der Waals surface area contributed by atoms with E-state index in [-0.39, 0.29) is 23.0 Å². The number of aromatic nitrogens is 4. The van der Waals surface area contributed by atoms with Crippen molar-refractivity contribution in [2.45, 2.75) is 43.2 Å². The highest BCUT2D eigenvalue weighted by atomic mass is 16.6. The van der Waals surface area contributed by atoms with Gasteiger partial charge < -0.3 is 26.8 Å². The molecule has 0 saturated heterocycles. The number of amides is 2. The van der Waals surface area contributed by atoms with Gasteiger partial charge in [0.25, 0.3) is 5.91 Å². The lowest BCUT2D eigenvalue weighted by atomic mass is 9.83. The molecular weight excluding hydrogens is 520 g/mol. The van der Waals surface area contributed by atoms with Gasteiger partial charge in [-0.15, -0.1) is 0 Å². The van der Waals surface area contributed by atoms with Gasteiger partial charge in [0.1, 0.15) is 11.4 Å². The van der Waals surface area contributed by atoms with Gasteiger partial charge in [-0.2, -0.15) is 0 Å². The highest BCUT2D eigenvalue weighted by Crippen LogP contribution is 2.59. The zero-order valence-electron chi connectivity index (χ0n) is 22.3. The largest absolute Gasteiger partial charge is 0.443 e. The molecule has 2 amide bonds. The number of nitrogens with two attached hydrogens (primary N) is 2. The molecule has 2 aliphatic rings. The lowest BCUT2D eigenvalue weighted by molar-refractivity contribution is 0.0383. The van der Waals surface area contributed by atoms with Crippen LogP contribution in [0.3, 0.4) is 0 Å². The molecule has 2 heterocycles. The van der Waals surface area contributed by atoms with Gasteiger partial charge in [-0.1, -0.05) is 42.5 Å². The van der Waals surface area contributed by atoms with Crippen LogP contribution >= 0.6 is 0 Å². The molecule has 1 atom stereocenters. The van der Waals surface area contributed by atoms with Crippen molar-refractivity contribution in [2.24, 2.45) is 17.4 Å². The smallest absolute Gasteiger partial charge is 0.405 e. The summed E-state index contributed by atoms with van der Waals surface area (Å²) in [5.41, 5.74) is 12.7. The Morgan fingerprint density at radius 2 is 1.68 bits per heavy atom. The van der Waals surface area contributed by atoms with E-state index in [1.807, 2.05) is 42.5 Å². The van der Waals surface area contributed by atoms with Gasteiger partial charge in [-0.05, 0) is 55.9 Å². The summed E-state index contributed by atoms with van der Waals surface area (Å²) in [5, 5.41) is 6.77. The molecule has 0 bridgehead atoms. The molecule has 2 aromatic carbocycles. The van der Waals surface area contributed by atoms with Crippen LogP contribution < -0.4 is 22.1 Å². The van der Waals surface area contributed by atoms with Gasteiger partial charge in [-0.3, -0.25) is 4.79 Å². The lowest BCUT2D eigenvalue weighted by Crippen LogP contribution is -2.45. The summed E-state index contributed by atoms with van der Waals surface area (Å²) < 4.78 is 5.73. The summed E-state index contributed by atoms with van der Waals surface area (Å²) in [5.74, 6) is 0.523. The van der Waals surface area contributed by atoms with Crippen LogP contribution in [0.1, 0.15) is 41.7 Å². The third-order valence-corrected chi connectivity index (χ3v) is 7.75. The van der Waals surface area contributed by atoms with Crippen molar-refractivity contribution in [3.05, 3.63) is 90.5 Å². The predicted octanol–water partition coefficient (Wildman–Crippen LogP) is 4.21. The number of rotatable bonds is 11. The zero-order valence-corrected chi connectivity index (χ0v) is 22.3. The molecule has 0 aliphatic heterocycles. The minimum Gasteiger partial charge on any atom is -0.443 e. The average Bonchev–Trinajstić information content (AvgIpc) is 3.91. The van der Waals surface area contributed by atoms with E-state index in [1.54, 1.807) is 18.5 Å². The van der Waals surface area contributed by atoms with Crippen LogP contribution in [-0.4, -0.2) is 43.1 Å². The number of hydrogen-bond donors (Lipinski definition) is 4. The van der Waals surface area contributed by atoms with E-state index in [0.717, 1.165) is 36.8 Å². The number of carbonyl (C=O) groups excluding carboxylic acids is 2. The average molecular weight is 551 g/mol. The molecule has 2 aromatic heterocycles. The van der Waals surface area contributed by atoms with E-state index in [0.29, 0.717) is 23.8 Å². The van der Waals surface area contributed by atoms with Gasteiger partial charge in [-0.25, -0.2) is 24.7 Å². The zero-order chi connectivity index (χ0) is 28.5. The van der Waals surface area contributed by atoms with E-state index in [9.17, 15) is 9.59 Å². The van der Waals surface area contributed by atoms with Crippen molar-refractivity contribution in [1.82, 2.24) is 19.9 Å². The third kappa shape index (κ3) is 5.65. The quantitative estimate of drug-likeness (QED) is 0.213. The maximum atomic E-state index is 12.2. The van der Waals surface area contributed by atoms with Crippen molar-refractivity contribution < 1.29 is 14.3 Å². The Morgan fingerprint density at radius 1 is 0.927 bits per heavy atom. The minimum absolute atomic E-state index is 0.0123. The number of benzene rings is 2. The van der Waals surface area contributed by atoms with Crippen molar-refractivity contribution >= 4 is 29.3 Å². The second-order valence-electron chi connectivity index (χ2n) is 10.6. The summed E-state index contributed by atoms with van der Waals surface area (Å²) in [7, 11) is 0. The van der Waals surface area contributed by atoms with Crippen LogP contribution in [0.5, 0.6) is 0 Å². The highest BCUT2D eigenvalue weighted by molar-refractivity contribution is 5.96. The molecule has 0 radical (unpaired) electrons. The molecular formula is C30H30N8O3. The number of primary amides is 2. The predicted molar refractivity (Wildman–Crippen MR) is 153 cm³/mol. The van der Waals surface area contributed by atoms with Gasteiger partial charge in [0.15, 0.2) is 17.3 Å². The molecule has 208 valence electrons. The maximum Gasteiger partial charge on any atom is 0.405 e. The van der Waals surface area contributed by atoms with E-state index in [1.165, 1.54) is 6.20 Å². The SMILES string of the molecule is NC(=O)OC1([C@H](Cc2ccccc2)C2(Nc3cnc(C(N)=O)c(Nc4cccc(-c5ncccn5)c4)n3)CC2)CC1. The summed E-state index contributed by atoms with van der Waals surface area (Å²) >= 11 is 0. The summed E-state index contributed by atoms with van der Waals surface area (Å²) in [6, 6.07) is 19.3. The molecule has 11 heteroatoms. The molecule has 6 N–H and O–H groups in total. The topological polar surface area (TPSA) is 171 Å². The first-order valence-corrected chi connectivity index (χ1v) is 13.5. The fourth-order valence-electron chi connectivity index (χ4n) is 5.57. The molecule has 0 unspecified atom stereocenters. The van der Waals surface area contributed by atoms with E-state index >= 15 is 0 Å². The fourth-order valence-corrected chi connectivity index (χ4v) is 5.57. The molecule has 2 saturated carbocycles. The highest BCUT2D eigenvalue weighted by Gasteiger charge is 2.64. The monoisotopic (exact) mass is 550 g/mol. The second kappa shape index (κ2) is 10.5. The van der Waals surface area contributed by atoms with Crippen LogP contribution in [0.4, 0.5) is 22.1 Å². The Morgan fingerprint density at radius 3 is 2.34 bits per heavy atom. The Bertz CT molecular complexity index is 1570. The Kier molecular flexibility index (Phi) is 6.70. The molecule has 2 aliphatic carbocycles. The molecule has 6 rings (SSSR count).